The van der Waals surface area contributed by atoms with Crippen LogP contribution in [0.25, 0.3) is 0 Å². The van der Waals surface area contributed by atoms with Crippen LogP contribution in [0.15, 0.2) is 47.3 Å². The monoisotopic (exact) mass is 468 g/mol. The van der Waals surface area contributed by atoms with Crippen LogP contribution in [0, 0.1) is 0 Å². The first kappa shape index (κ1) is 21.1. The zero-order valence-electron chi connectivity index (χ0n) is 17.9. The third-order valence-corrected chi connectivity index (χ3v) is 6.74. The molecule has 2 aliphatic heterocycles. The van der Waals surface area contributed by atoms with Gasteiger partial charge in [-0.1, -0.05) is 29.5 Å². The molecule has 10 heteroatoms. The van der Waals surface area contributed by atoms with Crippen molar-refractivity contribution in [1.29, 1.82) is 0 Å². The van der Waals surface area contributed by atoms with E-state index in [1.807, 2.05) is 18.2 Å². The van der Waals surface area contributed by atoms with Gasteiger partial charge in [0.05, 0.1) is 24.8 Å². The number of methoxy groups -OCH3 is 2. The highest BCUT2D eigenvalue weighted by atomic mass is 32.1. The minimum absolute atomic E-state index is 0.0780. The fraction of sp³-hybridized carbons (Fsp3) is 0.261. The molecule has 170 valence electrons. The first-order valence-electron chi connectivity index (χ1n) is 10.2. The summed E-state index contributed by atoms with van der Waals surface area (Å²) in [7, 11) is 2.79. The van der Waals surface area contributed by atoms with Crippen molar-refractivity contribution in [3.05, 3.63) is 62.6 Å². The summed E-state index contributed by atoms with van der Waals surface area (Å²) < 4.78 is 22.6. The van der Waals surface area contributed by atoms with Gasteiger partial charge in [0.25, 0.3) is 0 Å². The predicted molar refractivity (Wildman–Crippen MR) is 120 cm³/mol. The second-order valence-corrected chi connectivity index (χ2v) is 8.49. The molecule has 1 atom stereocenters. The lowest BCUT2D eigenvalue weighted by atomic mass is 9.90. The molecule has 1 aromatic heterocycles. The SMILES string of the molecule is COC(=O)Cn1c2c(sc1=O)[C@@H](c1cc(OC)c3c(c1)OCO3)CC(=O)N2c1ccccc1. The highest BCUT2D eigenvalue weighted by Crippen LogP contribution is 2.49. The van der Waals surface area contributed by atoms with Crippen molar-refractivity contribution in [3.8, 4) is 17.2 Å². The Morgan fingerprint density at radius 3 is 2.67 bits per heavy atom. The maximum atomic E-state index is 13.5. The van der Waals surface area contributed by atoms with Gasteiger partial charge in [-0.05, 0) is 29.8 Å². The van der Waals surface area contributed by atoms with Gasteiger partial charge in [-0.2, -0.15) is 0 Å². The van der Waals surface area contributed by atoms with Crippen LogP contribution >= 0.6 is 11.3 Å². The van der Waals surface area contributed by atoms with Gasteiger partial charge in [0.15, 0.2) is 11.5 Å². The molecule has 5 rings (SSSR count). The third kappa shape index (κ3) is 3.52. The van der Waals surface area contributed by atoms with Crippen LogP contribution in [0.3, 0.4) is 0 Å². The fourth-order valence-corrected chi connectivity index (χ4v) is 5.25. The number of hydrogen-bond acceptors (Lipinski definition) is 8. The van der Waals surface area contributed by atoms with E-state index in [0.717, 1.165) is 16.9 Å². The molecule has 2 aromatic carbocycles. The minimum Gasteiger partial charge on any atom is -0.493 e. The summed E-state index contributed by atoms with van der Waals surface area (Å²) in [6.07, 6.45) is 0.128. The van der Waals surface area contributed by atoms with E-state index < -0.39 is 11.9 Å². The van der Waals surface area contributed by atoms with Gasteiger partial charge in [-0.25, -0.2) is 0 Å². The summed E-state index contributed by atoms with van der Waals surface area (Å²) in [6.45, 7) is -0.219. The van der Waals surface area contributed by atoms with E-state index in [9.17, 15) is 14.4 Å². The van der Waals surface area contributed by atoms with Gasteiger partial charge in [-0.15, -0.1) is 0 Å². The number of rotatable bonds is 5. The Morgan fingerprint density at radius 1 is 1.15 bits per heavy atom. The highest BCUT2D eigenvalue weighted by Gasteiger charge is 2.39. The van der Waals surface area contributed by atoms with Crippen molar-refractivity contribution in [2.24, 2.45) is 0 Å². The molecule has 0 spiro atoms. The molecule has 0 fully saturated rings. The number of amides is 1. The third-order valence-electron chi connectivity index (χ3n) is 5.66. The van der Waals surface area contributed by atoms with Crippen LogP contribution in [0.5, 0.6) is 17.2 Å². The van der Waals surface area contributed by atoms with Crippen molar-refractivity contribution >= 4 is 34.7 Å². The largest absolute Gasteiger partial charge is 0.493 e. The fourth-order valence-electron chi connectivity index (χ4n) is 4.15. The van der Waals surface area contributed by atoms with Gasteiger partial charge in [-0.3, -0.25) is 23.9 Å². The molecular weight excluding hydrogens is 448 g/mol. The Labute approximate surface area is 192 Å². The Bertz CT molecular complexity index is 1300. The van der Waals surface area contributed by atoms with Crippen molar-refractivity contribution in [2.45, 2.75) is 18.9 Å². The number of fused-ring (bicyclic) bond motifs is 2. The molecule has 0 saturated carbocycles. The number of esters is 1. The van der Waals surface area contributed by atoms with Crippen molar-refractivity contribution in [2.75, 3.05) is 25.9 Å². The number of anilines is 2. The van der Waals surface area contributed by atoms with E-state index in [4.69, 9.17) is 18.9 Å². The van der Waals surface area contributed by atoms with Gasteiger partial charge in [0.2, 0.25) is 18.4 Å². The number of hydrogen-bond donors (Lipinski definition) is 0. The summed E-state index contributed by atoms with van der Waals surface area (Å²) in [5.41, 5.74) is 1.37. The number of ether oxygens (including phenoxy) is 4. The molecule has 0 aliphatic carbocycles. The van der Waals surface area contributed by atoms with Gasteiger partial charge in [0.1, 0.15) is 12.4 Å². The number of nitrogens with zero attached hydrogens (tertiary/aromatic N) is 2. The van der Waals surface area contributed by atoms with Crippen molar-refractivity contribution in [1.82, 2.24) is 4.57 Å². The first-order valence-corrected chi connectivity index (χ1v) is 11.0. The van der Waals surface area contributed by atoms with Crippen molar-refractivity contribution in [3.63, 3.8) is 0 Å². The minimum atomic E-state index is -0.579. The molecule has 9 nitrogen and oxygen atoms in total. The zero-order chi connectivity index (χ0) is 23.1. The Balaban J connectivity index is 1.70. The molecule has 0 radical (unpaired) electrons. The normalized spacial score (nSPS) is 16.5. The van der Waals surface area contributed by atoms with Crippen LogP contribution in [-0.4, -0.2) is 37.5 Å². The quantitative estimate of drug-likeness (QED) is 0.531. The van der Waals surface area contributed by atoms with E-state index >= 15 is 0 Å². The standard InChI is InChI=1S/C23H20N2O7S/c1-29-16-8-13(9-17-20(16)32-12-31-17)15-10-18(26)25(14-6-4-3-5-7-14)22-21(15)33-23(28)24(22)11-19(27)30-2/h3-9,15H,10-12H2,1-2H3/t15-/m1/s1. The van der Waals surface area contributed by atoms with Crippen LogP contribution in [-0.2, 0) is 20.9 Å². The summed E-state index contributed by atoms with van der Waals surface area (Å²) in [6, 6.07) is 12.6. The Hall–Kier alpha value is -3.79. The second-order valence-electron chi connectivity index (χ2n) is 7.50. The van der Waals surface area contributed by atoms with Crippen LogP contribution in [0.1, 0.15) is 22.8 Å². The molecule has 0 unspecified atom stereocenters. The number of aromatic nitrogens is 1. The summed E-state index contributed by atoms with van der Waals surface area (Å²) >= 11 is 1.01. The molecule has 33 heavy (non-hydrogen) atoms. The summed E-state index contributed by atoms with van der Waals surface area (Å²) in [4.78, 5) is 40.4. The molecular formula is C23H20N2O7S. The molecule has 3 heterocycles. The zero-order valence-corrected chi connectivity index (χ0v) is 18.7. The smallest absolute Gasteiger partial charge is 0.325 e. The lowest BCUT2D eigenvalue weighted by Crippen LogP contribution is -2.36. The van der Waals surface area contributed by atoms with Crippen LogP contribution in [0.4, 0.5) is 11.5 Å². The summed E-state index contributed by atoms with van der Waals surface area (Å²) in [5, 5.41) is 0. The molecule has 0 saturated heterocycles. The van der Waals surface area contributed by atoms with Gasteiger partial charge < -0.3 is 18.9 Å². The molecule has 0 N–H and O–H groups in total. The average Bonchev–Trinajstić information content (AvgIpc) is 3.43. The number of benzene rings is 2. The molecule has 3 aromatic rings. The van der Waals surface area contributed by atoms with E-state index in [2.05, 4.69) is 0 Å². The maximum absolute atomic E-state index is 13.5. The van der Waals surface area contributed by atoms with Gasteiger partial charge >= 0.3 is 10.8 Å². The predicted octanol–water partition coefficient (Wildman–Crippen LogP) is 3.02. The first-order chi connectivity index (χ1) is 16.0. The van der Waals surface area contributed by atoms with E-state index in [1.54, 1.807) is 24.3 Å². The van der Waals surface area contributed by atoms with Crippen molar-refractivity contribution < 1.29 is 28.5 Å². The second kappa shape index (κ2) is 8.28. The lowest BCUT2D eigenvalue weighted by molar-refractivity contribution is -0.141. The Morgan fingerprint density at radius 2 is 1.94 bits per heavy atom. The molecule has 1 amide bonds. The lowest BCUT2D eigenvalue weighted by Gasteiger charge is -2.32. The Kier molecular flexibility index (Phi) is 5.29. The summed E-state index contributed by atoms with van der Waals surface area (Å²) in [5.74, 6) is 0.681. The molecule has 2 aliphatic rings. The topological polar surface area (TPSA) is 96.3 Å². The van der Waals surface area contributed by atoms with Crippen LogP contribution < -0.4 is 24.0 Å². The number of para-hydroxylation sites is 1. The van der Waals surface area contributed by atoms with E-state index in [-0.39, 0.29) is 30.5 Å². The number of thiazole rings is 1. The van der Waals surface area contributed by atoms with Crippen LogP contribution in [0.2, 0.25) is 0 Å². The number of carbonyl (C=O) groups excluding carboxylic acids is 2. The van der Waals surface area contributed by atoms with E-state index in [0.29, 0.717) is 33.6 Å². The number of carbonyl (C=O) groups is 2. The maximum Gasteiger partial charge on any atom is 0.325 e. The van der Waals surface area contributed by atoms with E-state index in [1.165, 1.54) is 23.7 Å². The molecule has 0 bridgehead atoms. The highest BCUT2D eigenvalue weighted by molar-refractivity contribution is 7.10. The van der Waals surface area contributed by atoms with Gasteiger partial charge in [0, 0.05) is 12.3 Å². The average molecular weight is 468 g/mol.